The van der Waals surface area contributed by atoms with Gasteiger partial charge in [-0.1, -0.05) is 0 Å². The predicted octanol–water partition coefficient (Wildman–Crippen LogP) is 0.0140. The maximum absolute atomic E-state index is 11.2. The predicted molar refractivity (Wildman–Crippen MR) is 54.9 cm³/mol. The zero-order valence-electron chi connectivity index (χ0n) is 9.13. The Hall–Kier alpha value is -0.610. The summed E-state index contributed by atoms with van der Waals surface area (Å²) in [6, 6.07) is 0.245. The summed E-state index contributed by atoms with van der Waals surface area (Å²) in [4.78, 5) is 11.2. The monoisotopic (exact) mass is 200 g/mol. The van der Waals surface area contributed by atoms with Crippen LogP contribution in [0.2, 0.25) is 0 Å². The Morgan fingerprint density at radius 1 is 1.71 bits per heavy atom. The van der Waals surface area contributed by atoms with Crippen LogP contribution in [0.1, 0.15) is 33.6 Å². The molecule has 1 heterocycles. The van der Waals surface area contributed by atoms with Crippen molar-refractivity contribution in [3.05, 3.63) is 0 Å². The summed E-state index contributed by atoms with van der Waals surface area (Å²) >= 11 is 0. The van der Waals surface area contributed by atoms with Gasteiger partial charge in [-0.25, -0.2) is 0 Å². The lowest BCUT2D eigenvalue weighted by atomic mass is 9.87. The van der Waals surface area contributed by atoms with Crippen LogP contribution in [0.4, 0.5) is 0 Å². The number of carbonyl (C=O) groups excluding carboxylic acids is 1. The van der Waals surface area contributed by atoms with E-state index in [-0.39, 0.29) is 23.6 Å². The molecule has 1 aliphatic rings. The van der Waals surface area contributed by atoms with Crippen LogP contribution in [0.25, 0.3) is 0 Å². The van der Waals surface area contributed by atoms with Gasteiger partial charge in [0.1, 0.15) is 0 Å². The molecule has 82 valence electrons. The van der Waals surface area contributed by atoms with E-state index in [0.29, 0.717) is 13.0 Å². The van der Waals surface area contributed by atoms with E-state index in [9.17, 15) is 4.79 Å². The molecule has 4 heteroatoms. The minimum absolute atomic E-state index is 0.116. The lowest BCUT2D eigenvalue weighted by Gasteiger charge is -2.40. The van der Waals surface area contributed by atoms with Crippen molar-refractivity contribution in [3.8, 4) is 0 Å². The number of aliphatic hydroxyl groups is 1. The molecule has 2 unspecified atom stereocenters. The number of amides is 1. The maximum Gasteiger partial charge on any atom is 0.220 e. The quantitative estimate of drug-likeness (QED) is 0.601. The fourth-order valence-corrected chi connectivity index (χ4v) is 1.82. The summed E-state index contributed by atoms with van der Waals surface area (Å²) in [5, 5.41) is 15.4. The van der Waals surface area contributed by atoms with Gasteiger partial charge in [-0.05, 0) is 27.2 Å². The van der Waals surface area contributed by atoms with E-state index in [1.54, 1.807) is 6.92 Å². The number of aliphatic hydroxyl groups excluding tert-OH is 1. The Morgan fingerprint density at radius 2 is 2.36 bits per heavy atom. The highest BCUT2D eigenvalue weighted by Crippen LogP contribution is 2.19. The Bertz CT molecular complexity index is 214. The van der Waals surface area contributed by atoms with E-state index in [1.807, 2.05) is 13.8 Å². The molecular formula is C10H20N2O2. The van der Waals surface area contributed by atoms with Gasteiger partial charge in [-0.2, -0.15) is 0 Å². The van der Waals surface area contributed by atoms with E-state index in [0.717, 1.165) is 6.42 Å². The molecule has 3 N–H and O–H groups in total. The summed E-state index contributed by atoms with van der Waals surface area (Å²) in [6.07, 6.45) is 1.07. The highest BCUT2D eigenvalue weighted by atomic mass is 16.3. The van der Waals surface area contributed by atoms with Gasteiger partial charge in [0.2, 0.25) is 5.91 Å². The van der Waals surface area contributed by atoms with Crippen molar-refractivity contribution in [2.24, 2.45) is 0 Å². The first kappa shape index (κ1) is 11.5. The smallest absolute Gasteiger partial charge is 0.220 e. The molecule has 1 aliphatic heterocycles. The Morgan fingerprint density at radius 3 is 2.86 bits per heavy atom. The molecular weight excluding hydrogens is 180 g/mol. The second-order valence-corrected chi connectivity index (χ2v) is 4.62. The van der Waals surface area contributed by atoms with Crippen molar-refractivity contribution in [1.82, 2.24) is 10.6 Å². The Balaban J connectivity index is 2.47. The standard InChI is InChI=1S/C10H20N2O2/c1-7(13)6-11-8-4-5-9(14)12-10(8,2)3/h7-8,11,13H,4-6H2,1-3H3,(H,12,14). The van der Waals surface area contributed by atoms with Crippen LogP contribution in [-0.2, 0) is 4.79 Å². The molecule has 1 saturated heterocycles. The van der Waals surface area contributed by atoms with E-state index in [4.69, 9.17) is 5.11 Å². The van der Waals surface area contributed by atoms with Crippen LogP contribution in [0.3, 0.4) is 0 Å². The van der Waals surface area contributed by atoms with Crippen molar-refractivity contribution in [1.29, 1.82) is 0 Å². The third kappa shape index (κ3) is 2.96. The van der Waals surface area contributed by atoms with Gasteiger partial charge in [0, 0.05) is 24.5 Å². The van der Waals surface area contributed by atoms with Crippen LogP contribution < -0.4 is 10.6 Å². The largest absolute Gasteiger partial charge is 0.392 e. The molecule has 0 saturated carbocycles. The zero-order valence-corrected chi connectivity index (χ0v) is 9.13. The molecule has 0 spiro atoms. The highest BCUT2D eigenvalue weighted by molar-refractivity contribution is 5.77. The van der Waals surface area contributed by atoms with Gasteiger partial charge in [-0.3, -0.25) is 4.79 Å². The number of hydrogen-bond acceptors (Lipinski definition) is 3. The van der Waals surface area contributed by atoms with Crippen LogP contribution >= 0.6 is 0 Å². The maximum atomic E-state index is 11.2. The number of piperidine rings is 1. The van der Waals surface area contributed by atoms with Gasteiger partial charge in [0.25, 0.3) is 0 Å². The fourth-order valence-electron chi connectivity index (χ4n) is 1.82. The summed E-state index contributed by atoms with van der Waals surface area (Å²) in [5.74, 6) is 0.116. The van der Waals surface area contributed by atoms with Crippen LogP contribution in [-0.4, -0.2) is 35.2 Å². The Kier molecular flexibility index (Phi) is 3.50. The molecule has 2 atom stereocenters. The SMILES string of the molecule is CC(O)CNC1CCC(=O)NC1(C)C. The molecule has 0 radical (unpaired) electrons. The van der Waals surface area contributed by atoms with Gasteiger partial charge in [-0.15, -0.1) is 0 Å². The molecule has 0 aromatic carbocycles. The van der Waals surface area contributed by atoms with Gasteiger partial charge in [0.05, 0.1) is 6.10 Å². The first-order valence-corrected chi connectivity index (χ1v) is 5.14. The lowest BCUT2D eigenvalue weighted by Crippen LogP contribution is -2.61. The molecule has 1 fully saturated rings. The summed E-state index contributed by atoms with van der Waals surface area (Å²) in [5.41, 5.74) is -0.218. The number of hydrogen-bond donors (Lipinski definition) is 3. The van der Waals surface area contributed by atoms with Crippen molar-refractivity contribution < 1.29 is 9.90 Å². The van der Waals surface area contributed by atoms with Crippen LogP contribution in [0, 0.1) is 0 Å². The average Bonchev–Trinajstić information content (AvgIpc) is 2.00. The molecule has 14 heavy (non-hydrogen) atoms. The van der Waals surface area contributed by atoms with Crippen LogP contribution in [0.5, 0.6) is 0 Å². The van der Waals surface area contributed by atoms with Gasteiger partial charge >= 0.3 is 0 Å². The zero-order chi connectivity index (χ0) is 10.8. The van der Waals surface area contributed by atoms with Gasteiger partial charge in [0.15, 0.2) is 0 Å². The summed E-state index contributed by atoms with van der Waals surface area (Å²) < 4.78 is 0. The number of nitrogens with one attached hydrogen (secondary N) is 2. The normalized spacial score (nSPS) is 28.3. The molecule has 0 bridgehead atoms. The molecule has 4 nitrogen and oxygen atoms in total. The molecule has 0 aliphatic carbocycles. The lowest BCUT2D eigenvalue weighted by molar-refractivity contribution is -0.125. The van der Waals surface area contributed by atoms with Crippen molar-refractivity contribution >= 4 is 5.91 Å². The third-order valence-corrected chi connectivity index (χ3v) is 2.65. The van der Waals surface area contributed by atoms with Gasteiger partial charge < -0.3 is 15.7 Å². The van der Waals surface area contributed by atoms with E-state index in [2.05, 4.69) is 10.6 Å². The van der Waals surface area contributed by atoms with Crippen molar-refractivity contribution in [2.75, 3.05) is 6.54 Å². The minimum Gasteiger partial charge on any atom is -0.392 e. The van der Waals surface area contributed by atoms with Crippen LogP contribution in [0.15, 0.2) is 0 Å². The molecule has 0 aromatic rings. The van der Waals surface area contributed by atoms with Crippen molar-refractivity contribution in [2.45, 2.75) is 51.3 Å². The first-order chi connectivity index (χ1) is 6.42. The molecule has 1 rings (SSSR count). The summed E-state index contributed by atoms with van der Waals surface area (Å²) in [6.45, 7) is 6.33. The molecule has 1 amide bonds. The average molecular weight is 200 g/mol. The third-order valence-electron chi connectivity index (χ3n) is 2.65. The minimum atomic E-state index is -0.344. The molecule has 0 aromatic heterocycles. The summed E-state index contributed by atoms with van der Waals surface area (Å²) in [7, 11) is 0. The van der Waals surface area contributed by atoms with E-state index in [1.165, 1.54) is 0 Å². The first-order valence-electron chi connectivity index (χ1n) is 5.14. The highest BCUT2D eigenvalue weighted by Gasteiger charge is 2.34. The topological polar surface area (TPSA) is 61.4 Å². The second-order valence-electron chi connectivity index (χ2n) is 4.62. The second kappa shape index (κ2) is 4.28. The fraction of sp³-hybridized carbons (Fsp3) is 0.900. The number of carbonyl (C=O) groups is 1. The number of rotatable bonds is 3. The van der Waals surface area contributed by atoms with E-state index >= 15 is 0 Å². The van der Waals surface area contributed by atoms with Crippen molar-refractivity contribution in [3.63, 3.8) is 0 Å². The Labute approximate surface area is 85.1 Å². The van der Waals surface area contributed by atoms with E-state index < -0.39 is 0 Å².